The van der Waals surface area contributed by atoms with Crippen LogP contribution < -0.4 is 10.6 Å². The summed E-state index contributed by atoms with van der Waals surface area (Å²) >= 11 is 0. The summed E-state index contributed by atoms with van der Waals surface area (Å²) in [7, 11) is 4.00. The van der Waals surface area contributed by atoms with Crippen LogP contribution in [0.3, 0.4) is 0 Å². The van der Waals surface area contributed by atoms with Gasteiger partial charge in [0.2, 0.25) is 5.95 Å². The number of likely N-dealkylation sites (N-methyl/N-ethyl adjacent to an activating group) is 1. The Morgan fingerprint density at radius 2 is 2.31 bits per heavy atom. The van der Waals surface area contributed by atoms with Gasteiger partial charge in [-0.15, -0.1) is 0 Å². The number of hydrogen-bond donors (Lipinski definition) is 1. The summed E-state index contributed by atoms with van der Waals surface area (Å²) in [4.78, 5) is 10.8. The van der Waals surface area contributed by atoms with E-state index in [4.69, 9.17) is 5.73 Å². The predicted molar refractivity (Wildman–Crippen MR) is 65.4 cm³/mol. The van der Waals surface area contributed by atoms with Crippen molar-refractivity contribution in [1.82, 2.24) is 14.5 Å². The van der Waals surface area contributed by atoms with Gasteiger partial charge in [0, 0.05) is 32.9 Å². The van der Waals surface area contributed by atoms with Gasteiger partial charge in [-0.05, 0) is 13.0 Å². The van der Waals surface area contributed by atoms with Gasteiger partial charge in [-0.2, -0.15) is 0 Å². The van der Waals surface area contributed by atoms with Gasteiger partial charge in [0.15, 0.2) is 0 Å². The minimum absolute atomic E-state index is 0.267. The first-order chi connectivity index (χ1) is 7.65. The first-order valence-electron chi connectivity index (χ1n) is 5.34. The third kappa shape index (κ3) is 1.63. The normalized spacial score (nSPS) is 13.0. The van der Waals surface area contributed by atoms with Crippen LogP contribution in [0.4, 0.5) is 5.95 Å². The van der Waals surface area contributed by atoms with E-state index in [2.05, 4.69) is 21.8 Å². The van der Waals surface area contributed by atoms with Crippen LogP contribution in [0.2, 0.25) is 0 Å². The van der Waals surface area contributed by atoms with Gasteiger partial charge >= 0.3 is 0 Å². The minimum Gasteiger partial charge on any atom is -0.341 e. The van der Waals surface area contributed by atoms with E-state index >= 15 is 0 Å². The average Bonchev–Trinajstić information content (AvgIpc) is 2.65. The molecule has 2 aromatic heterocycles. The number of pyridine rings is 1. The van der Waals surface area contributed by atoms with E-state index in [0.29, 0.717) is 6.54 Å². The van der Waals surface area contributed by atoms with E-state index in [1.54, 1.807) is 6.20 Å². The molecule has 2 rings (SSSR count). The molecule has 0 fully saturated rings. The summed E-state index contributed by atoms with van der Waals surface area (Å²) in [6.07, 6.45) is 3.58. The monoisotopic (exact) mass is 219 g/mol. The standard InChI is InChI=1S/C11H17N5/c1-8(6-12)15(2)11-14-9-4-5-13-7-10(9)16(11)3/h4-5,7-8H,6,12H2,1-3H3. The average molecular weight is 219 g/mol. The first kappa shape index (κ1) is 10.9. The Kier molecular flexibility index (Phi) is 2.78. The van der Waals surface area contributed by atoms with Gasteiger partial charge in [0.25, 0.3) is 0 Å². The minimum atomic E-state index is 0.267. The molecule has 0 spiro atoms. The van der Waals surface area contributed by atoms with Crippen molar-refractivity contribution in [3.63, 3.8) is 0 Å². The Labute approximate surface area is 94.9 Å². The highest BCUT2D eigenvalue weighted by molar-refractivity contribution is 5.77. The second-order valence-electron chi connectivity index (χ2n) is 4.03. The van der Waals surface area contributed by atoms with Gasteiger partial charge in [-0.1, -0.05) is 0 Å². The van der Waals surface area contributed by atoms with Crippen LogP contribution in [0.15, 0.2) is 18.5 Å². The second-order valence-corrected chi connectivity index (χ2v) is 4.03. The Balaban J connectivity index is 2.49. The van der Waals surface area contributed by atoms with Crippen molar-refractivity contribution in [2.45, 2.75) is 13.0 Å². The van der Waals surface area contributed by atoms with Crippen molar-refractivity contribution in [1.29, 1.82) is 0 Å². The first-order valence-corrected chi connectivity index (χ1v) is 5.34. The number of rotatable bonds is 3. The lowest BCUT2D eigenvalue weighted by molar-refractivity contribution is 0.666. The van der Waals surface area contributed by atoms with Crippen molar-refractivity contribution in [3.8, 4) is 0 Å². The van der Waals surface area contributed by atoms with Gasteiger partial charge in [0.05, 0.1) is 17.2 Å². The molecule has 1 unspecified atom stereocenters. The molecule has 86 valence electrons. The Hall–Kier alpha value is -1.62. The maximum absolute atomic E-state index is 5.66. The summed E-state index contributed by atoms with van der Waals surface area (Å²) in [5.41, 5.74) is 7.66. The Bertz CT molecular complexity index is 490. The molecular weight excluding hydrogens is 202 g/mol. The largest absolute Gasteiger partial charge is 0.341 e. The number of aromatic nitrogens is 3. The fourth-order valence-corrected chi connectivity index (χ4v) is 1.69. The van der Waals surface area contributed by atoms with Gasteiger partial charge in [0.1, 0.15) is 0 Å². The lowest BCUT2D eigenvalue weighted by Gasteiger charge is -2.24. The van der Waals surface area contributed by atoms with Crippen molar-refractivity contribution in [2.75, 3.05) is 18.5 Å². The zero-order valence-corrected chi connectivity index (χ0v) is 9.88. The molecule has 0 aromatic carbocycles. The Morgan fingerprint density at radius 3 is 2.94 bits per heavy atom. The zero-order chi connectivity index (χ0) is 11.7. The molecule has 5 heteroatoms. The molecule has 0 bridgehead atoms. The molecule has 1 atom stereocenters. The van der Waals surface area contributed by atoms with Crippen molar-refractivity contribution < 1.29 is 0 Å². The predicted octanol–water partition coefficient (Wildman–Crippen LogP) is 0.752. The number of fused-ring (bicyclic) bond motifs is 1. The quantitative estimate of drug-likeness (QED) is 0.827. The lowest BCUT2D eigenvalue weighted by Crippen LogP contribution is -2.36. The highest BCUT2D eigenvalue weighted by Crippen LogP contribution is 2.20. The SMILES string of the molecule is CC(CN)N(C)c1nc2ccncc2n1C. The molecule has 2 aromatic rings. The molecule has 2 heterocycles. The highest BCUT2D eigenvalue weighted by atomic mass is 15.3. The van der Waals surface area contributed by atoms with Crippen LogP contribution in [0.25, 0.3) is 11.0 Å². The molecule has 5 nitrogen and oxygen atoms in total. The number of aryl methyl sites for hydroxylation is 1. The molecule has 0 saturated heterocycles. The molecule has 0 aliphatic carbocycles. The Morgan fingerprint density at radius 1 is 1.56 bits per heavy atom. The van der Waals surface area contributed by atoms with E-state index < -0.39 is 0 Å². The van der Waals surface area contributed by atoms with Crippen LogP contribution in [-0.2, 0) is 7.05 Å². The molecule has 0 aliphatic heterocycles. The van der Waals surface area contributed by atoms with E-state index in [-0.39, 0.29) is 6.04 Å². The number of anilines is 1. The van der Waals surface area contributed by atoms with E-state index in [1.165, 1.54) is 0 Å². The van der Waals surface area contributed by atoms with Crippen LogP contribution in [0.1, 0.15) is 6.92 Å². The smallest absolute Gasteiger partial charge is 0.206 e. The second kappa shape index (κ2) is 4.09. The highest BCUT2D eigenvalue weighted by Gasteiger charge is 2.15. The van der Waals surface area contributed by atoms with Gasteiger partial charge in [-0.3, -0.25) is 4.98 Å². The van der Waals surface area contributed by atoms with Gasteiger partial charge < -0.3 is 15.2 Å². The zero-order valence-electron chi connectivity index (χ0n) is 9.88. The van der Waals surface area contributed by atoms with E-state index in [0.717, 1.165) is 17.0 Å². The summed E-state index contributed by atoms with van der Waals surface area (Å²) in [5.74, 6) is 0.918. The van der Waals surface area contributed by atoms with Crippen LogP contribution in [-0.4, -0.2) is 34.2 Å². The molecular formula is C11H17N5. The third-order valence-electron chi connectivity index (χ3n) is 2.98. The maximum Gasteiger partial charge on any atom is 0.206 e. The molecule has 0 amide bonds. The molecule has 0 saturated carbocycles. The molecule has 2 N–H and O–H groups in total. The summed E-state index contributed by atoms with van der Waals surface area (Å²) in [5, 5.41) is 0. The van der Waals surface area contributed by atoms with Crippen molar-refractivity contribution >= 4 is 17.0 Å². The fourth-order valence-electron chi connectivity index (χ4n) is 1.69. The lowest BCUT2D eigenvalue weighted by atomic mass is 10.3. The van der Waals surface area contributed by atoms with Crippen LogP contribution in [0.5, 0.6) is 0 Å². The van der Waals surface area contributed by atoms with Crippen molar-refractivity contribution in [3.05, 3.63) is 18.5 Å². The number of imidazole rings is 1. The number of hydrogen-bond acceptors (Lipinski definition) is 4. The maximum atomic E-state index is 5.66. The molecule has 16 heavy (non-hydrogen) atoms. The van der Waals surface area contributed by atoms with E-state index in [9.17, 15) is 0 Å². The summed E-state index contributed by atoms with van der Waals surface area (Å²) < 4.78 is 2.04. The summed E-state index contributed by atoms with van der Waals surface area (Å²) in [6, 6.07) is 2.18. The molecule has 0 radical (unpaired) electrons. The fraction of sp³-hybridized carbons (Fsp3) is 0.455. The summed E-state index contributed by atoms with van der Waals surface area (Å²) in [6.45, 7) is 2.69. The number of nitrogens with zero attached hydrogens (tertiary/aromatic N) is 4. The van der Waals surface area contributed by atoms with Gasteiger partial charge in [-0.25, -0.2) is 4.98 Å². The number of nitrogens with two attached hydrogens (primary N) is 1. The van der Waals surface area contributed by atoms with E-state index in [1.807, 2.05) is 30.9 Å². The van der Waals surface area contributed by atoms with Crippen LogP contribution in [0, 0.1) is 0 Å². The topological polar surface area (TPSA) is 60.0 Å². The van der Waals surface area contributed by atoms with Crippen LogP contribution >= 0.6 is 0 Å². The van der Waals surface area contributed by atoms with Crippen molar-refractivity contribution in [2.24, 2.45) is 12.8 Å². The molecule has 0 aliphatic rings. The third-order valence-corrected chi connectivity index (χ3v) is 2.98.